The topological polar surface area (TPSA) is 119 Å². The number of fused-ring (bicyclic) bond motifs is 1. The molecular formula is C18H16N4O4S. The molecule has 1 aliphatic rings. The van der Waals surface area contributed by atoms with Gasteiger partial charge >= 0.3 is 5.97 Å². The second kappa shape index (κ2) is 6.84. The molecule has 0 fully saturated rings. The number of carbonyl (C=O) groups is 1. The van der Waals surface area contributed by atoms with Crippen molar-refractivity contribution < 1.29 is 19.2 Å². The monoisotopic (exact) mass is 384 g/mol. The molecule has 1 unspecified atom stereocenters. The number of phenols is 1. The Labute approximate surface area is 156 Å². The van der Waals surface area contributed by atoms with E-state index in [9.17, 15) is 19.2 Å². The van der Waals surface area contributed by atoms with Gasteiger partial charge in [0.15, 0.2) is 5.17 Å². The molecule has 1 aromatic heterocycles. The van der Waals surface area contributed by atoms with Crippen LogP contribution < -0.4 is 4.90 Å². The van der Waals surface area contributed by atoms with Crippen LogP contribution in [0.15, 0.2) is 47.5 Å². The number of aromatic hydroxyl groups is 1. The van der Waals surface area contributed by atoms with Gasteiger partial charge in [0.2, 0.25) is 0 Å². The zero-order chi connectivity index (χ0) is 19.0. The zero-order valence-electron chi connectivity index (χ0n) is 14.1. The van der Waals surface area contributed by atoms with Crippen molar-refractivity contribution >= 4 is 38.7 Å². The highest BCUT2D eigenvalue weighted by atomic mass is 32.2. The van der Waals surface area contributed by atoms with Crippen molar-refractivity contribution in [2.24, 2.45) is 4.99 Å². The van der Waals surface area contributed by atoms with Gasteiger partial charge in [-0.15, -0.1) is 0 Å². The largest absolute Gasteiger partial charge is 0.508 e. The fraction of sp³-hybridized carbons (Fsp3) is 0.167. The molecule has 3 aromatic rings. The van der Waals surface area contributed by atoms with Gasteiger partial charge in [-0.25, -0.2) is 9.78 Å². The smallest absolute Gasteiger partial charge is 0.337 e. The summed E-state index contributed by atoms with van der Waals surface area (Å²) in [6.07, 6.45) is 0. The van der Waals surface area contributed by atoms with E-state index in [-0.39, 0.29) is 27.9 Å². The van der Waals surface area contributed by atoms with Crippen LogP contribution in [0.2, 0.25) is 0 Å². The van der Waals surface area contributed by atoms with Crippen molar-refractivity contribution in [3.63, 3.8) is 0 Å². The third-order valence-electron chi connectivity index (χ3n) is 4.21. The van der Waals surface area contributed by atoms with Gasteiger partial charge < -0.3 is 20.1 Å². The first-order valence-electron chi connectivity index (χ1n) is 8.23. The molecule has 138 valence electrons. The van der Waals surface area contributed by atoms with Crippen LogP contribution in [0.1, 0.15) is 16.2 Å². The predicted molar refractivity (Wildman–Crippen MR) is 103 cm³/mol. The van der Waals surface area contributed by atoms with Crippen LogP contribution in [-0.2, 0) is 16.6 Å². The number of aliphatic imine (C=N–C) groups is 1. The van der Waals surface area contributed by atoms with Crippen LogP contribution in [-0.4, -0.2) is 48.6 Å². The summed E-state index contributed by atoms with van der Waals surface area (Å²) in [5.41, 5.74) is 1.94. The molecule has 0 spiro atoms. The molecule has 2 heterocycles. The lowest BCUT2D eigenvalue weighted by Crippen LogP contribution is -2.32. The maximum Gasteiger partial charge on any atom is 0.337 e. The van der Waals surface area contributed by atoms with Crippen LogP contribution in [0.25, 0.3) is 11.0 Å². The molecular weight excluding hydrogens is 368 g/mol. The highest BCUT2D eigenvalue weighted by Crippen LogP contribution is 2.28. The number of hydrogen-bond donors (Lipinski definition) is 3. The SMILES string of the molecule is O=C(O)c1ccc(O)cc1N1CCN=C1S(=O)Cc1nc2ccccc2[nH]1. The van der Waals surface area contributed by atoms with Crippen LogP contribution in [0.4, 0.5) is 5.69 Å². The number of H-pyrrole nitrogens is 1. The number of nitrogens with zero attached hydrogens (tertiary/aromatic N) is 3. The molecule has 8 nitrogen and oxygen atoms in total. The molecule has 1 aliphatic heterocycles. The van der Waals surface area contributed by atoms with Crippen molar-refractivity contribution in [2.45, 2.75) is 5.75 Å². The predicted octanol–water partition coefficient (Wildman–Crippen LogP) is 2.09. The number of aromatic amines is 1. The van der Waals surface area contributed by atoms with Gasteiger partial charge in [-0.05, 0) is 24.3 Å². The van der Waals surface area contributed by atoms with E-state index in [2.05, 4.69) is 15.0 Å². The number of benzene rings is 2. The molecule has 0 saturated heterocycles. The lowest BCUT2D eigenvalue weighted by atomic mass is 10.1. The van der Waals surface area contributed by atoms with E-state index >= 15 is 0 Å². The van der Waals surface area contributed by atoms with Gasteiger partial charge in [0.25, 0.3) is 0 Å². The van der Waals surface area contributed by atoms with Crippen molar-refractivity contribution in [2.75, 3.05) is 18.0 Å². The fourth-order valence-corrected chi connectivity index (χ4v) is 4.22. The fourth-order valence-electron chi connectivity index (χ4n) is 3.03. The van der Waals surface area contributed by atoms with Crippen LogP contribution in [0, 0.1) is 0 Å². The molecule has 0 radical (unpaired) electrons. The average molecular weight is 384 g/mol. The second-order valence-corrected chi connectivity index (χ2v) is 7.36. The number of aromatic carboxylic acids is 1. The minimum absolute atomic E-state index is 0.0168. The molecule has 2 aromatic carbocycles. The van der Waals surface area contributed by atoms with E-state index in [4.69, 9.17) is 0 Å². The normalized spacial score (nSPS) is 15.1. The van der Waals surface area contributed by atoms with Crippen molar-refractivity contribution in [3.05, 3.63) is 53.9 Å². The molecule has 1 atom stereocenters. The summed E-state index contributed by atoms with van der Waals surface area (Å²) in [6, 6.07) is 11.5. The average Bonchev–Trinajstić information content (AvgIpc) is 3.27. The highest BCUT2D eigenvalue weighted by Gasteiger charge is 2.28. The van der Waals surface area contributed by atoms with Crippen molar-refractivity contribution in [3.8, 4) is 5.75 Å². The van der Waals surface area contributed by atoms with E-state index in [0.717, 1.165) is 11.0 Å². The number of para-hydroxylation sites is 2. The Morgan fingerprint density at radius 1 is 1.26 bits per heavy atom. The van der Waals surface area contributed by atoms with Crippen molar-refractivity contribution in [1.82, 2.24) is 9.97 Å². The van der Waals surface area contributed by atoms with Gasteiger partial charge in [0.1, 0.15) is 11.6 Å². The Kier molecular flexibility index (Phi) is 4.36. The summed E-state index contributed by atoms with van der Waals surface area (Å²) in [6.45, 7) is 0.793. The molecule has 0 bridgehead atoms. The zero-order valence-corrected chi connectivity index (χ0v) is 14.9. The number of anilines is 1. The van der Waals surface area contributed by atoms with E-state index in [1.807, 2.05) is 24.3 Å². The van der Waals surface area contributed by atoms with Gasteiger partial charge in [-0.2, -0.15) is 0 Å². The third-order valence-corrected chi connectivity index (χ3v) is 5.51. The first-order chi connectivity index (χ1) is 13.0. The summed E-state index contributed by atoms with van der Waals surface area (Å²) < 4.78 is 12.9. The minimum Gasteiger partial charge on any atom is -0.508 e. The number of imidazole rings is 1. The molecule has 9 heteroatoms. The summed E-state index contributed by atoms with van der Waals surface area (Å²) in [4.78, 5) is 25.0. The summed E-state index contributed by atoms with van der Waals surface area (Å²) in [7, 11) is -1.52. The van der Waals surface area contributed by atoms with Crippen LogP contribution >= 0.6 is 0 Å². The van der Waals surface area contributed by atoms with Crippen LogP contribution in [0.5, 0.6) is 5.75 Å². The number of nitrogens with one attached hydrogen (secondary N) is 1. The molecule has 0 saturated carbocycles. The molecule has 0 amide bonds. The number of aromatic nitrogens is 2. The van der Waals surface area contributed by atoms with Crippen LogP contribution in [0.3, 0.4) is 0 Å². The number of phenolic OH excluding ortho intramolecular Hbond substituents is 1. The van der Waals surface area contributed by atoms with E-state index < -0.39 is 16.8 Å². The first-order valence-corrected chi connectivity index (χ1v) is 9.55. The number of carboxylic acid groups (broad SMARTS) is 1. The Morgan fingerprint density at radius 3 is 2.85 bits per heavy atom. The Morgan fingerprint density at radius 2 is 2.07 bits per heavy atom. The summed E-state index contributed by atoms with van der Waals surface area (Å²) in [5, 5.41) is 19.5. The molecule has 3 N–H and O–H groups in total. The van der Waals surface area contributed by atoms with Gasteiger partial charge in [-0.3, -0.25) is 9.20 Å². The maximum atomic E-state index is 12.9. The maximum absolute atomic E-state index is 12.9. The molecule has 27 heavy (non-hydrogen) atoms. The van der Waals surface area contributed by atoms with E-state index in [1.54, 1.807) is 4.90 Å². The Hall–Kier alpha value is -3.20. The number of amidine groups is 1. The van der Waals surface area contributed by atoms with Crippen molar-refractivity contribution in [1.29, 1.82) is 0 Å². The third kappa shape index (κ3) is 3.28. The van der Waals surface area contributed by atoms with E-state index in [1.165, 1.54) is 18.2 Å². The van der Waals surface area contributed by atoms with Gasteiger partial charge in [0.05, 0.1) is 45.4 Å². The first kappa shape index (κ1) is 17.2. The molecule has 4 rings (SSSR count). The van der Waals surface area contributed by atoms with E-state index in [0.29, 0.717) is 18.9 Å². The second-order valence-electron chi connectivity index (χ2n) is 6.01. The Balaban J connectivity index is 1.62. The lowest BCUT2D eigenvalue weighted by molar-refractivity contribution is 0.0697. The lowest BCUT2D eigenvalue weighted by Gasteiger charge is -2.21. The van der Waals surface area contributed by atoms with Gasteiger partial charge in [0, 0.05) is 12.6 Å². The minimum atomic E-state index is -1.52. The summed E-state index contributed by atoms with van der Waals surface area (Å²) in [5.74, 6) is -0.493. The quantitative estimate of drug-likeness (QED) is 0.634. The highest BCUT2D eigenvalue weighted by molar-refractivity contribution is 8.00. The molecule has 0 aliphatic carbocycles. The number of carboxylic acids is 1. The standard InChI is InChI=1S/C18H16N4O4S/c23-11-5-6-12(17(24)25)15(9-11)22-8-7-19-18(22)27(26)10-16-20-13-3-1-2-4-14(13)21-16/h1-6,9,23H,7-8,10H2,(H,20,21)(H,24,25). The number of hydrogen-bond acceptors (Lipinski definition) is 6. The summed E-state index contributed by atoms with van der Waals surface area (Å²) >= 11 is 0. The Bertz CT molecular complexity index is 1060. The van der Waals surface area contributed by atoms with Gasteiger partial charge in [-0.1, -0.05) is 12.1 Å². The number of rotatable bonds is 4.